The van der Waals surface area contributed by atoms with Crippen molar-refractivity contribution in [2.24, 2.45) is 0 Å². The van der Waals surface area contributed by atoms with Crippen LogP contribution < -0.4 is 10.1 Å². The van der Waals surface area contributed by atoms with E-state index >= 15 is 0 Å². The molecule has 0 unspecified atom stereocenters. The molecule has 112 valence electrons. The highest BCUT2D eigenvalue weighted by Crippen LogP contribution is 2.12. The van der Waals surface area contributed by atoms with Crippen molar-refractivity contribution in [3.05, 3.63) is 65.5 Å². The molecule has 0 bridgehead atoms. The predicted molar refractivity (Wildman–Crippen MR) is 80.8 cm³/mol. The molecule has 0 spiro atoms. The number of ether oxygens (including phenoxy) is 1. The fourth-order valence-electron chi connectivity index (χ4n) is 2.02. The number of nitrogens with one attached hydrogen (secondary N) is 1. The van der Waals surface area contributed by atoms with Crippen LogP contribution in [0.25, 0.3) is 0 Å². The van der Waals surface area contributed by atoms with Crippen LogP contribution in [0.15, 0.2) is 48.5 Å². The molecule has 0 aliphatic carbocycles. The van der Waals surface area contributed by atoms with Gasteiger partial charge in [0, 0.05) is 6.54 Å². The number of hydrogen-bond acceptors (Lipinski definition) is 3. The molecule has 0 aliphatic heterocycles. The minimum Gasteiger partial charge on any atom is -0.491 e. The summed E-state index contributed by atoms with van der Waals surface area (Å²) in [5, 5.41) is 12.0. The van der Waals surface area contributed by atoms with Crippen LogP contribution in [0.2, 0.25) is 0 Å². The zero-order valence-corrected chi connectivity index (χ0v) is 11.9. The van der Waals surface area contributed by atoms with Crippen molar-refractivity contribution in [2.75, 3.05) is 19.8 Å². The van der Waals surface area contributed by atoms with Crippen molar-refractivity contribution in [2.45, 2.75) is 13.0 Å². The van der Waals surface area contributed by atoms with Gasteiger partial charge in [0.15, 0.2) is 0 Å². The third-order valence-electron chi connectivity index (χ3n) is 3.14. The SMILES string of the molecule is OCCOc1ccc(CNCCc2ccccc2F)cc1. The lowest BCUT2D eigenvalue weighted by molar-refractivity contribution is 0.201. The maximum absolute atomic E-state index is 13.4. The fourth-order valence-corrected chi connectivity index (χ4v) is 2.02. The van der Waals surface area contributed by atoms with Gasteiger partial charge in [-0.15, -0.1) is 0 Å². The molecule has 21 heavy (non-hydrogen) atoms. The number of rotatable bonds is 8. The van der Waals surface area contributed by atoms with E-state index in [-0.39, 0.29) is 12.4 Å². The Morgan fingerprint density at radius 2 is 1.81 bits per heavy atom. The number of halogens is 1. The Labute approximate surface area is 124 Å². The number of benzene rings is 2. The van der Waals surface area contributed by atoms with Crippen molar-refractivity contribution < 1.29 is 14.2 Å². The summed E-state index contributed by atoms with van der Waals surface area (Å²) in [6.45, 7) is 1.78. The zero-order chi connectivity index (χ0) is 14.9. The van der Waals surface area contributed by atoms with Gasteiger partial charge in [-0.3, -0.25) is 0 Å². The van der Waals surface area contributed by atoms with Crippen LogP contribution in [0, 0.1) is 5.82 Å². The van der Waals surface area contributed by atoms with Crippen LogP contribution in [0.4, 0.5) is 4.39 Å². The van der Waals surface area contributed by atoms with E-state index in [4.69, 9.17) is 9.84 Å². The molecule has 0 saturated carbocycles. The van der Waals surface area contributed by atoms with Gasteiger partial charge in [-0.2, -0.15) is 0 Å². The van der Waals surface area contributed by atoms with E-state index in [9.17, 15) is 4.39 Å². The molecule has 2 rings (SSSR count). The van der Waals surface area contributed by atoms with E-state index in [1.165, 1.54) is 6.07 Å². The predicted octanol–water partition coefficient (Wildman–Crippen LogP) is 2.53. The second-order valence-electron chi connectivity index (χ2n) is 4.73. The summed E-state index contributed by atoms with van der Waals surface area (Å²) in [5.41, 5.74) is 1.87. The molecule has 0 heterocycles. The van der Waals surface area contributed by atoms with Gasteiger partial charge in [0.2, 0.25) is 0 Å². The summed E-state index contributed by atoms with van der Waals surface area (Å²) < 4.78 is 18.7. The number of aliphatic hydroxyl groups is 1. The van der Waals surface area contributed by atoms with Crippen LogP contribution in [-0.2, 0) is 13.0 Å². The Hall–Kier alpha value is -1.91. The molecule has 0 aromatic heterocycles. The first kappa shape index (κ1) is 15.5. The Kier molecular flexibility index (Phi) is 6.19. The Morgan fingerprint density at radius 1 is 1.05 bits per heavy atom. The number of hydrogen-bond donors (Lipinski definition) is 2. The summed E-state index contributed by atoms with van der Waals surface area (Å²) in [5.74, 6) is 0.601. The van der Waals surface area contributed by atoms with Crippen LogP contribution in [0.3, 0.4) is 0 Å². The topological polar surface area (TPSA) is 41.5 Å². The van der Waals surface area contributed by atoms with Crippen LogP contribution in [0.5, 0.6) is 5.75 Å². The molecule has 0 fully saturated rings. The summed E-state index contributed by atoms with van der Waals surface area (Å²) in [7, 11) is 0. The van der Waals surface area contributed by atoms with E-state index in [1.54, 1.807) is 6.07 Å². The number of aliphatic hydroxyl groups excluding tert-OH is 1. The van der Waals surface area contributed by atoms with Crippen molar-refractivity contribution in [3.8, 4) is 5.75 Å². The summed E-state index contributed by atoms with van der Waals surface area (Å²) >= 11 is 0. The van der Waals surface area contributed by atoms with E-state index in [0.717, 1.165) is 30.0 Å². The van der Waals surface area contributed by atoms with Gasteiger partial charge in [0.25, 0.3) is 0 Å². The van der Waals surface area contributed by atoms with Crippen molar-refractivity contribution in [1.82, 2.24) is 5.32 Å². The van der Waals surface area contributed by atoms with Gasteiger partial charge in [0.05, 0.1) is 6.61 Å². The van der Waals surface area contributed by atoms with E-state index in [2.05, 4.69) is 5.32 Å². The molecule has 3 nitrogen and oxygen atoms in total. The maximum Gasteiger partial charge on any atom is 0.126 e. The third-order valence-corrected chi connectivity index (χ3v) is 3.14. The molecular formula is C17H20FNO2. The second kappa shape index (κ2) is 8.39. The lowest BCUT2D eigenvalue weighted by atomic mass is 10.1. The van der Waals surface area contributed by atoms with Gasteiger partial charge in [-0.1, -0.05) is 30.3 Å². The van der Waals surface area contributed by atoms with E-state index < -0.39 is 0 Å². The van der Waals surface area contributed by atoms with Crippen molar-refractivity contribution >= 4 is 0 Å². The molecule has 2 aromatic carbocycles. The first-order valence-electron chi connectivity index (χ1n) is 7.06. The van der Waals surface area contributed by atoms with Crippen molar-refractivity contribution in [1.29, 1.82) is 0 Å². The zero-order valence-electron chi connectivity index (χ0n) is 11.9. The average Bonchev–Trinajstić information content (AvgIpc) is 2.52. The molecule has 0 atom stereocenters. The normalized spacial score (nSPS) is 10.6. The van der Waals surface area contributed by atoms with Gasteiger partial charge in [-0.05, 0) is 42.3 Å². The summed E-state index contributed by atoms with van der Waals surface area (Å²) in [6, 6.07) is 14.6. The van der Waals surface area contributed by atoms with Crippen LogP contribution >= 0.6 is 0 Å². The molecule has 0 aliphatic rings. The first-order valence-corrected chi connectivity index (χ1v) is 7.06. The molecule has 0 radical (unpaired) electrons. The van der Waals surface area contributed by atoms with Gasteiger partial charge >= 0.3 is 0 Å². The van der Waals surface area contributed by atoms with Crippen LogP contribution in [0.1, 0.15) is 11.1 Å². The average molecular weight is 289 g/mol. The van der Waals surface area contributed by atoms with E-state index in [1.807, 2.05) is 36.4 Å². The second-order valence-corrected chi connectivity index (χ2v) is 4.73. The Balaban J connectivity index is 1.72. The van der Waals surface area contributed by atoms with Crippen molar-refractivity contribution in [3.63, 3.8) is 0 Å². The maximum atomic E-state index is 13.4. The molecule has 2 N–H and O–H groups in total. The highest BCUT2D eigenvalue weighted by Gasteiger charge is 2.00. The summed E-state index contributed by atoms with van der Waals surface area (Å²) in [4.78, 5) is 0. The standard InChI is InChI=1S/C17H20FNO2/c18-17-4-2-1-3-15(17)9-10-19-13-14-5-7-16(8-6-14)21-12-11-20/h1-8,19-20H,9-13H2. The molecule has 0 amide bonds. The lowest BCUT2D eigenvalue weighted by Crippen LogP contribution is -2.17. The highest BCUT2D eigenvalue weighted by molar-refractivity contribution is 5.27. The monoisotopic (exact) mass is 289 g/mol. The lowest BCUT2D eigenvalue weighted by Gasteiger charge is -2.08. The Morgan fingerprint density at radius 3 is 2.52 bits per heavy atom. The Bertz CT molecular complexity index is 543. The molecular weight excluding hydrogens is 269 g/mol. The molecule has 0 saturated heterocycles. The molecule has 4 heteroatoms. The third kappa shape index (κ3) is 5.17. The minimum atomic E-state index is -0.148. The largest absolute Gasteiger partial charge is 0.491 e. The first-order chi connectivity index (χ1) is 10.3. The fraction of sp³-hybridized carbons (Fsp3) is 0.294. The smallest absolute Gasteiger partial charge is 0.126 e. The van der Waals surface area contributed by atoms with Gasteiger partial charge in [0.1, 0.15) is 18.2 Å². The van der Waals surface area contributed by atoms with Gasteiger partial charge in [-0.25, -0.2) is 4.39 Å². The summed E-state index contributed by atoms with van der Waals surface area (Å²) in [6.07, 6.45) is 0.671. The quantitative estimate of drug-likeness (QED) is 0.734. The van der Waals surface area contributed by atoms with E-state index in [0.29, 0.717) is 13.0 Å². The highest BCUT2D eigenvalue weighted by atomic mass is 19.1. The molecule has 2 aromatic rings. The van der Waals surface area contributed by atoms with Gasteiger partial charge < -0.3 is 15.2 Å². The van der Waals surface area contributed by atoms with Crippen LogP contribution in [-0.4, -0.2) is 24.9 Å². The minimum absolute atomic E-state index is 0.0132.